The van der Waals surface area contributed by atoms with E-state index in [0.29, 0.717) is 24.5 Å². The van der Waals surface area contributed by atoms with E-state index in [0.717, 1.165) is 25.7 Å². The highest BCUT2D eigenvalue weighted by Gasteiger charge is 2.19. The van der Waals surface area contributed by atoms with Crippen molar-refractivity contribution in [2.24, 2.45) is 5.92 Å². The molecule has 0 fully saturated rings. The number of fused-ring (bicyclic) bond motifs is 12. The molecule has 0 unspecified atom stereocenters. The number of carbonyl (C=O) groups excluding carboxylic acids is 1. The van der Waals surface area contributed by atoms with E-state index in [2.05, 4.69) is 6.92 Å². The molecule has 2 bridgehead atoms. The quantitative estimate of drug-likeness (QED) is 0.789. The minimum atomic E-state index is -0.697. The number of aromatic hydroxyl groups is 1. The monoisotopic (exact) mass is 292 g/mol. The van der Waals surface area contributed by atoms with E-state index >= 15 is 0 Å². The highest BCUT2D eigenvalue weighted by Crippen LogP contribution is 2.22. The Balaban J connectivity index is 2.24. The first kappa shape index (κ1) is 15.8. The van der Waals surface area contributed by atoms with Crippen LogP contribution >= 0.6 is 0 Å². The van der Waals surface area contributed by atoms with E-state index in [1.165, 1.54) is 25.3 Å². The van der Waals surface area contributed by atoms with Crippen LogP contribution in [0, 0.1) is 5.92 Å². The number of ketones is 1. The minimum absolute atomic E-state index is 0.179. The highest BCUT2D eigenvalue weighted by atomic mass is 16.4. The summed E-state index contributed by atoms with van der Waals surface area (Å²) in [6, 6.07) is 1.44. The maximum atomic E-state index is 12.0. The molecule has 0 aromatic carbocycles. The van der Waals surface area contributed by atoms with E-state index in [4.69, 9.17) is 4.42 Å². The SMILES string of the molecule is C[C@@H]1CCCCCCCCC(=O)c2c(O)cc(oc2=O)C1. The van der Waals surface area contributed by atoms with Gasteiger partial charge in [-0.05, 0) is 12.3 Å². The molecule has 1 aromatic heterocycles. The number of hydrogen-bond donors (Lipinski definition) is 1. The van der Waals surface area contributed by atoms with Gasteiger partial charge in [-0.15, -0.1) is 0 Å². The Hall–Kier alpha value is -1.58. The van der Waals surface area contributed by atoms with Crippen LogP contribution < -0.4 is 5.63 Å². The first-order chi connectivity index (χ1) is 10.1. The lowest BCUT2D eigenvalue weighted by molar-refractivity contribution is 0.0972. The number of rotatable bonds is 0. The molecule has 0 saturated heterocycles. The van der Waals surface area contributed by atoms with Gasteiger partial charge in [0.2, 0.25) is 0 Å². The third-order valence-corrected chi connectivity index (χ3v) is 4.16. The van der Waals surface area contributed by atoms with Gasteiger partial charge in [0, 0.05) is 18.9 Å². The lowest BCUT2D eigenvalue weighted by Crippen LogP contribution is -2.16. The van der Waals surface area contributed by atoms with Gasteiger partial charge in [0.15, 0.2) is 5.78 Å². The molecule has 4 nitrogen and oxygen atoms in total. The molecule has 2 heterocycles. The second-order valence-corrected chi connectivity index (χ2v) is 6.15. The Bertz CT molecular complexity index is 544. The van der Waals surface area contributed by atoms with E-state index in [1.54, 1.807) is 0 Å². The Kier molecular flexibility index (Phi) is 5.59. The maximum Gasteiger partial charge on any atom is 0.350 e. The van der Waals surface area contributed by atoms with Gasteiger partial charge in [-0.1, -0.05) is 45.4 Å². The summed E-state index contributed by atoms with van der Waals surface area (Å²) in [5.41, 5.74) is -0.877. The zero-order valence-corrected chi connectivity index (χ0v) is 12.7. The summed E-state index contributed by atoms with van der Waals surface area (Å²) in [7, 11) is 0. The van der Waals surface area contributed by atoms with Crippen molar-refractivity contribution in [2.75, 3.05) is 0 Å². The second-order valence-electron chi connectivity index (χ2n) is 6.15. The van der Waals surface area contributed by atoms with E-state index in [9.17, 15) is 14.7 Å². The molecule has 21 heavy (non-hydrogen) atoms. The molecule has 1 aliphatic carbocycles. The van der Waals surface area contributed by atoms with Crippen LogP contribution in [-0.4, -0.2) is 10.9 Å². The second kappa shape index (κ2) is 7.43. The molecule has 0 saturated carbocycles. The van der Waals surface area contributed by atoms with Crippen LogP contribution in [0.2, 0.25) is 0 Å². The van der Waals surface area contributed by atoms with Crippen LogP contribution in [-0.2, 0) is 6.42 Å². The van der Waals surface area contributed by atoms with Crippen LogP contribution in [0.3, 0.4) is 0 Å². The van der Waals surface area contributed by atoms with Crippen molar-refractivity contribution in [3.05, 3.63) is 27.8 Å². The summed E-state index contributed by atoms with van der Waals surface area (Å²) in [6.07, 6.45) is 8.48. The predicted molar refractivity (Wildman–Crippen MR) is 80.8 cm³/mol. The Morgan fingerprint density at radius 2 is 1.76 bits per heavy atom. The zero-order chi connectivity index (χ0) is 15.2. The summed E-state index contributed by atoms with van der Waals surface area (Å²) in [5.74, 6) is 0.333. The van der Waals surface area contributed by atoms with Crippen molar-refractivity contribution >= 4 is 5.78 Å². The normalized spacial score (nSPS) is 21.8. The smallest absolute Gasteiger partial charge is 0.350 e. The summed E-state index contributed by atoms with van der Waals surface area (Å²) in [4.78, 5) is 24.0. The Morgan fingerprint density at radius 1 is 1.10 bits per heavy atom. The molecule has 2 aliphatic rings. The van der Waals surface area contributed by atoms with Gasteiger partial charge in [-0.25, -0.2) is 4.79 Å². The molecule has 1 aliphatic heterocycles. The number of Topliss-reactive ketones (excluding diaryl/α,β-unsaturated/α-hetero) is 1. The third kappa shape index (κ3) is 4.45. The standard InChI is InChI=1S/C17H24O4/c1-12-8-6-4-2-3-5-7-9-14(18)16-15(19)11-13(10-12)21-17(16)20/h11-12,19H,2-10H2,1H3/t12-/m1/s1. The summed E-state index contributed by atoms with van der Waals surface area (Å²) >= 11 is 0. The average molecular weight is 292 g/mol. The molecule has 116 valence electrons. The van der Waals surface area contributed by atoms with E-state index < -0.39 is 5.63 Å². The van der Waals surface area contributed by atoms with Gasteiger partial charge in [0.1, 0.15) is 17.1 Å². The van der Waals surface area contributed by atoms with Crippen molar-refractivity contribution in [3.63, 3.8) is 0 Å². The van der Waals surface area contributed by atoms with Crippen LogP contribution in [0.15, 0.2) is 15.3 Å². The molecule has 1 aromatic rings. The van der Waals surface area contributed by atoms with Gasteiger partial charge in [0.05, 0.1) is 0 Å². The van der Waals surface area contributed by atoms with Crippen LogP contribution in [0.4, 0.5) is 0 Å². The minimum Gasteiger partial charge on any atom is -0.507 e. The van der Waals surface area contributed by atoms with E-state index in [1.807, 2.05) is 0 Å². The lowest BCUT2D eigenvalue weighted by Gasteiger charge is -2.10. The average Bonchev–Trinajstić information content (AvgIpc) is 2.40. The fourth-order valence-electron chi connectivity index (χ4n) is 2.94. The number of carbonyl (C=O) groups is 1. The molecule has 0 spiro atoms. The van der Waals surface area contributed by atoms with Gasteiger partial charge < -0.3 is 9.52 Å². The van der Waals surface area contributed by atoms with Crippen molar-refractivity contribution < 1.29 is 14.3 Å². The fourth-order valence-corrected chi connectivity index (χ4v) is 2.94. The van der Waals surface area contributed by atoms with Crippen LogP contribution in [0.25, 0.3) is 0 Å². The topological polar surface area (TPSA) is 67.5 Å². The van der Waals surface area contributed by atoms with E-state index in [-0.39, 0.29) is 17.1 Å². The van der Waals surface area contributed by atoms with Crippen molar-refractivity contribution in [1.29, 1.82) is 0 Å². The molecular formula is C17H24O4. The first-order valence-electron chi connectivity index (χ1n) is 7.97. The summed E-state index contributed by atoms with van der Waals surface area (Å²) in [6.45, 7) is 2.12. The van der Waals surface area contributed by atoms with Gasteiger partial charge in [0.25, 0.3) is 0 Å². The Labute approximate surface area is 125 Å². The van der Waals surface area contributed by atoms with Crippen molar-refractivity contribution in [1.82, 2.24) is 0 Å². The van der Waals surface area contributed by atoms with Crippen LogP contribution in [0.1, 0.15) is 74.4 Å². The molecule has 3 rings (SSSR count). The molecule has 1 N–H and O–H groups in total. The largest absolute Gasteiger partial charge is 0.507 e. The van der Waals surface area contributed by atoms with Gasteiger partial charge in [-0.2, -0.15) is 0 Å². The molecule has 0 radical (unpaired) electrons. The number of hydrogen-bond acceptors (Lipinski definition) is 4. The van der Waals surface area contributed by atoms with Gasteiger partial charge >= 0.3 is 5.63 Å². The molecule has 4 heteroatoms. The third-order valence-electron chi connectivity index (χ3n) is 4.16. The zero-order valence-electron chi connectivity index (χ0n) is 12.7. The maximum absolute atomic E-state index is 12.0. The summed E-state index contributed by atoms with van der Waals surface area (Å²) < 4.78 is 5.22. The van der Waals surface area contributed by atoms with Crippen molar-refractivity contribution in [2.45, 2.75) is 64.7 Å². The fraction of sp³-hybridized carbons (Fsp3) is 0.647. The summed E-state index contributed by atoms with van der Waals surface area (Å²) in [5, 5.41) is 9.97. The van der Waals surface area contributed by atoms with Crippen molar-refractivity contribution in [3.8, 4) is 5.75 Å². The van der Waals surface area contributed by atoms with Crippen LogP contribution in [0.5, 0.6) is 5.75 Å². The Morgan fingerprint density at radius 3 is 2.48 bits per heavy atom. The molecular weight excluding hydrogens is 268 g/mol. The highest BCUT2D eigenvalue weighted by molar-refractivity contribution is 5.97. The first-order valence-corrected chi connectivity index (χ1v) is 7.97. The molecule has 0 amide bonds. The lowest BCUT2D eigenvalue weighted by atomic mass is 9.97. The predicted octanol–water partition coefficient (Wildman–Crippen LogP) is 3.84. The van der Waals surface area contributed by atoms with Gasteiger partial charge in [-0.3, -0.25) is 4.79 Å². The molecule has 1 atom stereocenters.